The molecule has 1 heterocycles. The molecule has 1 rings (SSSR count). The van der Waals surface area contributed by atoms with Crippen molar-refractivity contribution in [1.29, 1.82) is 5.26 Å². The van der Waals surface area contributed by atoms with Crippen molar-refractivity contribution in [3.8, 4) is 6.07 Å². The predicted molar refractivity (Wildman–Crippen MR) is 82.2 cm³/mol. The molecule has 0 N–H and O–H groups in total. The predicted octanol–water partition coefficient (Wildman–Crippen LogP) is 4.04. The second-order valence-corrected chi connectivity index (χ2v) is 2.70. The number of ether oxygens (including phenoxy) is 1. The number of aromatic nitrogens is 2. The third-order valence-electron chi connectivity index (χ3n) is 1.91. The Kier molecular flexibility index (Phi) is 22.8. The van der Waals surface area contributed by atoms with Crippen LogP contribution >= 0.6 is 0 Å². The van der Waals surface area contributed by atoms with Crippen molar-refractivity contribution in [3.05, 3.63) is 17.5 Å². The molecule has 1 aromatic heterocycles. The first-order chi connectivity index (χ1) is 9.33. The lowest BCUT2D eigenvalue weighted by molar-refractivity contribution is 0.183. The van der Waals surface area contributed by atoms with E-state index < -0.39 is 0 Å². The van der Waals surface area contributed by atoms with Crippen LogP contribution in [0.2, 0.25) is 0 Å². The van der Waals surface area contributed by atoms with Crippen LogP contribution in [-0.2, 0) is 17.7 Å². The summed E-state index contributed by atoms with van der Waals surface area (Å²) in [5.41, 5.74) is 1.65. The molecule has 0 atom stereocenters. The zero-order chi connectivity index (χ0) is 15.7. The molecule has 0 aliphatic carbocycles. The molecule has 0 aliphatic rings. The highest BCUT2D eigenvalue weighted by Crippen LogP contribution is 2.07. The van der Waals surface area contributed by atoms with Gasteiger partial charge in [0.1, 0.15) is 11.8 Å². The highest BCUT2D eigenvalue weighted by molar-refractivity contribution is 5.29. The van der Waals surface area contributed by atoms with Gasteiger partial charge < -0.3 is 4.74 Å². The third-order valence-corrected chi connectivity index (χ3v) is 1.91. The molecular weight excluding hydrogens is 238 g/mol. The van der Waals surface area contributed by atoms with Crippen LogP contribution in [-0.4, -0.2) is 23.5 Å². The molecular formula is C15H31N3O. The van der Waals surface area contributed by atoms with Crippen LogP contribution in [0, 0.1) is 11.3 Å². The van der Waals surface area contributed by atoms with Gasteiger partial charge in [-0.3, -0.25) is 4.68 Å². The molecule has 1 aromatic rings. The Morgan fingerprint density at radius 1 is 1.21 bits per heavy atom. The highest BCUT2D eigenvalue weighted by Gasteiger charge is 2.07. The lowest BCUT2D eigenvalue weighted by Gasteiger charge is -2.01. The highest BCUT2D eigenvalue weighted by atomic mass is 16.5. The first-order valence-electron chi connectivity index (χ1n) is 7.27. The molecule has 0 radical (unpaired) electrons. The van der Waals surface area contributed by atoms with Crippen LogP contribution in [0.4, 0.5) is 0 Å². The van der Waals surface area contributed by atoms with Gasteiger partial charge >= 0.3 is 0 Å². The van der Waals surface area contributed by atoms with Crippen molar-refractivity contribution >= 4 is 0 Å². The Bertz CT molecular complexity index is 314. The van der Waals surface area contributed by atoms with E-state index in [1.807, 2.05) is 48.5 Å². The summed E-state index contributed by atoms with van der Waals surface area (Å²) in [6.45, 7) is 15.2. The van der Waals surface area contributed by atoms with Crippen LogP contribution < -0.4 is 0 Å². The van der Waals surface area contributed by atoms with Gasteiger partial charge in [0, 0.05) is 12.7 Å². The molecule has 0 spiro atoms. The van der Waals surface area contributed by atoms with Crippen LogP contribution in [0.3, 0.4) is 0 Å². The van der Waals surface area contributed by atoms with Gasteiger partial charge in [-0.1, -0.05) is 48.5 Å². The quantitative estimate of drug-likeness (QED) is 0.828. The van der Waals surface area contributed by atoms with Crippen molar-refractivity contribution in [2.24, 2.45) is 0 Å². The maximum atomic E-state index is 8.87. The second-order valence-electron chi connectivity index (χ2n) is 2.70. The standard InChI is InChI=1S/C9H13N3O.3C2H6/c1-3-8-7-11-12(4-5-13-2)9(8)6-10;3*1-2/h7H,3-5H2,1-2H3;3*1-2H3. The number of hydrogen-bond donors (Lipinski definition) is 0. The molecule has 0 aromatic carbocycles. The Morgan fingerprint density at radius 2 is 1.74 bits per heavy atom. The lowest BCUT2D eigenvalue weighted by atomic mass is 10.2. The van der Waals surface area contributed by atoms with E-state index in [4.69, 9.17) is 10.00 Å². The molecule has 0 saturated carbocycles. The lowest BCUT2D eigenvalue weighted by Crippen LogP contribution is -2.08. The molecule has 4 heteroatoms. The molecule has 0 fully saturated rings. The van der Waals surface area contributed by atoms with Gasteiger partial charge in [-0.2, -0.15) is 10.4 Å². The van der Waals surface area contributed by atoms with Crippen LogP contribution in [0.15, 0.2) is 6.20 Å². The summed E-state index contributed by atoms with van der Waals surface area (Å²) in [5, 5.41) is 13.0. The molecule has 0 saturated heterocycles. The summed E-state index contributed by atoms with van der Waals surface area (Å²) in [7, 11) is 1.64. The maximum absolute atomic E-state index is 8.87. The van der Waals surface area contributed by atoms with E-state index in [2.05, 4.69) is 11.2 Å². The number of rotatable bonds is 4. The third kappa shape index (κ3) is 9.26. The first-order valence-corrected chi connectivity index (χ1v) is 7.27. The summed E-state index contributed by atoms with van der Waals surface area (Å²) in [5.74, 6) is 0. The monoisotopic (exact) mass is 269 g/mol. The molecule has 112 valence electrons. The maximum Gasteiger partial charge on any atom is 0.141 e. The summed E-state index contributed by atoms with van der Waals surface area (Å²) >= 11 is 0. The fourth-order valence-electron chi connectivity index (χ4n) is 1.16. The zero-order valence-corrected chi connectivity index (χ0v) is 13.9. The minimum atomic E-state index is 0.583. The van der Waals surface area contributed by atoms with Gasteiger partial charge in [-0.25, -0.2) is 0 Å². The normalized spacial score (nSPS) is 7.74. The van der Waals surface area contributed by atoms with Crippen LogP contribution in [0.5, 0.6) is 0 Å². The number of methoxy groups -OCH3 is 1. The van der Waals surface area contributed by atoms with Crippen LogP contribution in [0.25, 0.3) is 0 Å². The Hall–Kier alpha value is -1.34. The number of aryl methyl sites for hydroxylation is 1. The minimum Gasteiger partial charge on any atom is -0.383 e. The van der Waals surface area contributed by atoms with E-state index >= 15 is 0 Å². The summed E-state index contributed by atoms with van der Waals surface area (Å²) in [6.07, 6.45) is 2.59. The van der Waals surface area contributed by atoms with Crippen LogP contribution in [0.1, 0.15) is 59.7 Å². The molecule has 4 nitrogen and oxygen atoms in total. The van der Waals surface area contributed by atoms with E-state index in [1.54, 1.807) is 18.0 Å². The van der Waals surface area contributed by atoms with Gasteiger partial charge in [0.25, 0.3) is 0 Å². The van der Waals surface area contributed by atoms with Crippen molar-refractivity contribution in [2.45, 2.75) is 61.4 Å². The average Bonchev–Trinajstić information content (AvgIpc) is 2.93. The average molecular weight is 269 g/mol. The van der Waals surface area contributed by atoms with Crippen molar-refractivity contribution in [1.82, 2.24) is 9.78 Å². The number of nitriles is 1. The van der Waals surface area contributed by atoms with Crippen molar-refractivity contribution in [3.63, 3.8) is 0 Å². The van der Waals surface area contributed by atoms with Crippen molar-refractivity contribution in [2.75, 3.05) is 13.7 Å². The smallest absolute Gasteiger partial charge is 0.141 e. The van der Waals surface area contributed by atoms with Gasteiger partial charge in [0.2, 0.25) is 0 Å². The van der Waals surface area contributed by atoms with E-state index in [0.29, 0.717) is 18.8 Å². The Morgan fingerprint density at radius 3 is 2.11 bits per heavy atom. The van der Waals surface area contributed by atoms with E-state index in [1.165, 1.54) is 0 Å². The first kappa shape index (κ1) is 22.8. The summed E-state index contributed by atoms with van der Waals surface area (Å²) < 4.78 is 6.60. The van der Waals surface area contributed by atoms with Gasteiger partial charge in [0.15, 0.2) is 0 Å². The zero-order valence-electron chi connectivity index (χ0n) is 13.9. The topological polar surface area (TPSA) is 50.8 Å². The molecule has 0 unspecified atom stereocenters. The largest absolute Gasteiger partial charge is 0.383 e. The fraction of sp³-hybridized carbons (Fsp3) is 0.733. The summed E-state index contributed by atoms with van der Waals surface area (Å²) in [4.78, 5) is 0. The van der Waals surface area contributed by atoms with Gasteiger partial charge in [-0.15, -0.1) is 0 Å². The molecule has 0 bridgehead atoms. The fourth-order valence-corrected chi connectivity index (χ4v) is 1.16. The Balaban J connectivity index is -0.000000375. The number of nitrogens with zero attached hydrogens (tertiary/aromatic N) is 3. The molecule has 0 aliphatic heterocycles. The number of hydrogen-bond acceptors (Lipinski definition) is 3. The summed E-state index contributed by atoms with van der Waals surface area (Å²) in [6, 6.07) is 2.15. The van der Waals surface area contributed by atoms with Crippen molar-refractivity contribution < 1.29 is 4.74 Å². The second kappa shape index (κ2) is 19.0. The van der Waals surface area contributed by atoms with Gasteiger partial charge in [0.05, 0.1) is 19.3 Å². The minimum absolute atomic E-state index is 0.583. The van der Waals surface area contributed by atoms with E-state index in [9.17, 15) is 0 Å². The van der Waals surface area contributed by atoms with E-state index in [0.717, 1.165) is 12.0 Å². The molecule has 19 heavy (non-hydrogen) atoms. The SMILES string of the molecule is CC.CC.CC.CCc1cnn(CCOC)c1C#N. The van der Waals surface area contributed by atoms with E-state index in [-0.39, 0.29) is 0 Å². The Labute approximate surface area is 119 Å². The van der Waals surface area contributed by atoms with Gasteiger partial charge in [-0.05, 0) is 6.42 Å². The molecule has 0 amide bonds.